The van der Waals surface area contributed by atoms with Crippen LogP contribution in [0.5, 0.6) is 5.75 Å². The standard InChI is InChI=1S/C23H29N3O4/c1-15(2)14-30-20-9-6-18(7-10-20)23(29)26-25-22(28)12-11-21(27)24-19-8-5-16(3)17(4)13-19/h5-10,13,15H,11-12,14H2,1-4H3,(H,24,27)(H,25,28)(H,26,29). The number of hydrogen-bond donors (Lipinski definition) is 3. The highest BCUT2D eigenvalue weighted by molar-refractivity contribution is 5.96. The molecule has 0 atom stereocenters. The lowest BCUT2D eigenvalue weighted by Gasteiger charge is -2.10. The van der Waals surface area contributed by atoms with E-state index < -0.39 is 11.8 Å². The molecule has 0 spiro atoms. The average Bonchev–Trinajstić information content (AvgIpc) is 2.72. The molecule has 0 aromatic heterocycles. The van der Waals surface area contributed by atoms with Gasteiger partial charge in [-0.15, -0.1) is 0 Å². The van der Waals surface area contributed by atoms with Crippen LogP contribution in [0.1, 0.15) is 48.2 Å². The Morgan fingerprint density at radius 3 is 2.17 bits per heavy atom. The van der Waals surface area contributed by atoms with Crippen molar-refractivity contribution >= 4 is 23.4 Å². The van der Waals surface area contributed by atoms with Crippen molar-refractivity contribution in [1.29, 1.82) is 0 Å². The molecule has 7 heteroatoms. The summed E-state index contributed by atoms with van der Waals surface area (Å²) in [5.74, 6) is -0.0733. The molecule has 0 saturated carbocycles. The number of carbonyl (C=O) groups excluding carboxylic acids is 3. The Morgan fingerprint density at radius 1 is 0.867 bits per heavy atom. The molecule has 0 fully saturated rings. The zero-order chi connectivity index (χ0) is 22.1. The molecule has 0 radical (unpaired) electrons. The van der Waals surface area contributed by atoms with Gasteiger partial charge in [-0.25, -0.2) is 0 Å². The highest BCUT2D eigenvalue weighted by Crippen LogP contribution is 2.15. The van der Waals surface area contributed by atoms with Crippen LogP contribution in [0.3, 0.4) is 0 Å². The quantitative estimate of drug-likeness (QED) is 0.579. The van der Waals surface area contributed by atoms with Crippen molar-refractivity contribution in [2.75, 3.05) is 11.9 Å². The average molecular weight is 412 g/mol. The van der Waals surface area contributed by atoms with E-state index in [-0.39, 0.29) is 18.7 Å². The molecule has 0 saturated heterocycles. The van der Waals surface area contributed by atoms with Gasteiger partial charge in [0.15, 0.2) is 0 Å². The van der Waals surface area contributed by atoms with E-state index in [1.54, 1.807) is 24.3 Å². The Bertz CT molecular complexity index is 892. The van der Waals surface area contributed by atoms with Crippen molar-refractivity contribution in [2.45, 2.75) is 40.5 Å². The maximum Gasteiger partial charge on any atom is 0.269 e. The summed E-state index contributed by atoms with van der Waals surface area (Å²) < 4.78 is 5.57. The lowest BCUT2D eigenvalue weighted by molar-refractivity contribution is -0.124. The summed E-state index contributed by atoms with van der Waals surface area (Å²) in [4.78, 5) is 36.0. The number of carbonyl (C=O) groups is 3. The van der Waals surface area contributed by atoms with E-state index in [9.17, 15) is 14.4 Å². The third-order valence-corrected chi connectivity index (χ3v) is 4.39. The summed E-state index contributed by atoms with van der Waals surface area (Å²) in [5.41, 5.74) is 7.96. The monoisotopic (exact) mass is 411 g/mol. The molecule has 2 aromatic carbocycles. The highest BCUT2D eigenvalue weighted by atomic mass is 16.5. The van der Waals surface area contributed by atoms with Crippen molar-refractivity contribution in [3.05, 3.63) is 59.2 Å². The lowest BCUT2D eigenvalue weighted by atomic mass is 10.1. The van der Waals surface area contributed by atoms with Gasteiger partial charge in [0.25, 0.3) is 5.91 Å². The normalized spacial score (nSPS) is 10.4. The van der Waals surface area contributed by atoms with Crippen LogP contribution >= 0.6 is 0 Å². The summed E-state index contributed by atoms with van der Waals surface area (Å²) in [7, 11) is 0. The van der Waals surface area contributed by atoms with Crippen LogP contribution < -0.4 is 20.9 Å². The van der Waals surface area contributed by atoms with Crippen LogP contribution in [0.25, 0.3) is 0 Å². The first-order valence-corrected chi connectivity index (χ1v) is 9.93. The third-order valence-electron chi connectivity index (χ3n) is 4.39. The summed E-state index contributed by atoms with van der Waals surface area (Å²) in [5, 5.41) is 2.76. The smallest absolute Gasteiger partial charge is 0.269 e. The largest absolute Gasteiger partial charge is 0.493 e. The Kier molecular flexibility index (Phi) is 8.41. The molecule has 0 heterocycles. The Labute approximate surface area is 177 Å². The van der Waals surface area contributed by atoms with Gasteiger partial charge in [-0.3, -0.25) is 25.2 Å². The van der Waals surface area contributed by atoms with Gasteiger partial charge in [-0.1, -0.05) is 19.9 Å². The van der Waals surface area contributed by atoms with Gasteiger partial charge >= 0.3 is 0 Å². The summed E-state index contributed by atoms with van der Waals surface area (Å²) in [6, 6.07) is 12.3. The number of ether oxygens (including phenoxy) is 1. The fraction of sp³-hybridized carbons (Fsp3) is 0.348. The second-order valence-electron chi connectivity index (χ2n) is 7.58. The van der Waals surface area contributed by atoms with Gasteiger partial charge < -0.3 is 10.1 Å². The Hall–Kier alpha value is -3.35. The molecule has 3 N–H and O–H groups in total. The second-order valence-corrected chi connectivity index (χ2v) is 7.58. The number of hydrogen-bond acceptors (Lipinski definition) is 4. The van der Waals surface area contributed by atoms with Crippen LogP contribution in [-0.4, -0.2) is 24.3 Å². The summed E-state index contributed by atoms with van der Waals surface area (Å²) in [6.07, 6.45) is -0.0323. The van der Waals surface area contributed by atoms with Gasteiger partial charge in [0.1, 0.15) is 5.75 Å². The van der Waals surface area contributed by atoms with Gasteiger partial charge in [-0.05, 0) is 67.3 Å². The van der Waals surface area contributed by atoms with Crippen molar-refractivity contribution in [1.82, 2.24) is 10.9 Å². The van der Waals surface area contributed by atoms with E-state index in [1.165, 1.54) is 0 Å². The third kappa shape index (κ3) is 7.58. The van der Waals surface area contributed by atoms with Crippen molar-refractivity contribution in [3.63, 3.8) is 0 Å². The SMILES string of the molecule is Cc1ccc(NC(=O)CCC(=O)NNC(=O)c2ccc(OCC(C)C)cc2)cc1C. The van der Waals surface area contributed by atoms with E-state index in [1.807, 2.05) is 32.0 Å². The zero-order valence-corrected chi connectivity index (χ0v) is 17.9. The Balaban J connectivity index is 1.72. The number of aryl methyl sites for hydroxylation is 2. The minimum atomic E-state index is -0.449. The molecule has 0 aliphatic heterocycles. The summed E-state index contributed by atoms with van der Waals surface area (Å²) >= 11 is 0. The second kappa shape index (κ2) is 11.0. The van der Waals surface area contributed by atoms with Gasteiger partial charge in [0, 0.05) is 24.1 Å². The molecule has 160 valence electrons. The van der Waals surface area contributed by atoms with Crippen molar-refractivity contribution in [3.8, 4) is 5.75 Å². The maximum atomic E-state index is 12.1. The van der Waals surface area contributed by atoms with E-state index in [2.05, 4.69) is 30.0 Å². The van der Waals surface area contributed by atoms with Crippen molar-refractivity contribution < 1.29 is 19.1 Å². The van der Waals surface area contributed by atoms with Gasteiger partial charge in [-0.2, -0.15) is 0 Å². The molecule has 7 nitrogen and oxygen atoms in total. The zero-order valence-electron chi connectivity index (χ0n) is 17.9. The first kappa shape index (κ1) is 22.9. The predicted molar refractivity (Wildman–Crippen MR) is 116 cm³/mol. The molecular formula is C23H29N3O4. The van der Waals surface area contributed by atoms with E-state index in [4.69, 9.17) is 4.74 Å². The minimum absolute atomic E-state index is 0.0104. The fourth-order valence-electron chi connectivity index (χ4n) is 2.50. The maximum absolute atomic E-state index is 12.1. The molecule has 0 bridgehead atoms. The van der Waals surface area contributed by atoms with Crippen molar-refractivity contribution in [2.24, 2.45) is 5.92 Å². The predicted octanol–water partition coefficient (Wildman–Crippen LogP) is 3.52. The van der Waals surface area contributed by atoms with Crippen LogP contribution in [0.15, 0.2) is 42.5 Å². The molecular weight excluding hydrogens is 382 g/mol. The van der Waals surface area contributed by atoms with Gasteiger partial charge in [0.2, 0.25) is 11.8 Å². The number of hydrazine groups is 1. The van der Waals surface area contributed by atoms with Crippen LogP contribution in [-0.2, 0) is 9.59 Å². The van der Waals surface area contributed by atoms with Crippen LogP contribution in [0, 0.1) is 19.8 Å². The summed E-state index contributed by atoms with van der Waals surface area (Å²) in [6.45, 7) is 8.66. The molecule has 2 rings (SSSR count). The minimum Gasteiger partial charge on any atom is -0.493 e. The van der Waals surface area contributed by atoms with Gasteiger partial charge in [0.05, 0.1) is 6.61 Å². The number of nitrogens with one attached hydrogen (secondary N) is 3. The van der Waals surface area contributed by atoms with E-state index >= 15 is 0 Å². The fourth-order valence-corrected chi connectivity index (χ4v) is 2.50. The topological polar surface area (TPSA) is 96.5 Å². The van der Waals surface area contributed by atoms with E-state index in [0.29, 0.717) is 29.5 Å². The molecule has 3 amide bonds. The molecule has 30 heavy (non-hydrogen) atoms. The first-order chi connectivity index (χ1) is 14.2. The lowest BCUT2D eigenvalue weighted by Crippen LogP contribution is -2.41. The first-order valence-electron chi connectivity index (χ1n) is 9.93. The number of amides is 3. The highest BCUT2D eigenvalue weighted by Gasteiger charge is 2.10. The molecule has 2 aromatic rings. The van der Waals surface area contributed by atoms with E-state index in [0.717, 1.165) is 11.1 Å². The number of rotatable bonds is 8. The molecule has 0 unspecified atom stereocenters. The number of anilines is 1. The Morgan fingerprint density at radius 2 is 1.53 bits per heavy atom. The molecule has 0 aliphatic rings. The van der Waals surface area contributed by atoms with Crippen LogP contribution in [0.4, 0.5) is 5.69 Å². The number of benzene rings is 2. The van der Waals surface area contributed by atoms with Crippen LogP contribution in [0.2, 0.25) is 0 Å². The molecule has 0 aliphatic carbocycles.